The number of amides is 5. The lowest BCUT2D eigenvalue weighted by Crippen LogP contribution is -2.47. The number of nitrogens with zero attached hydrogens (tertiary/aromatic N) is 1. The van der Waals surface area contributed by atoms with Crippen molar-refractivity contribution >= 4 is 29.3 Å². The van der Waals surface area contributed by atoms with Gasteiger partial charge in [0.15, 0.2) is 0 Å². The highest BCUT2D eigenvalue weighted by molar-refractivity contribution is 5.92. The van der Waals surface area contributed by atoms with Crippen molar-refractivity contribution in [2.45, 2.75) is 53.0 Å². The van der Waals surface area contributed by atoms with E-state index in [4.69, 9.17) is 0 Å². The first-order chi connectivity index (χ1) is 14.2. The van der Waals surface area contributed by atoms with Crippen LogP contribution in [0.3, 0.4) is 0 Å². The highest BCUT2D eigenvalue weighted by atomic mass is 16.2. The zero-order chi connectivity index (χ0) is 22.1. The molecular formula is C22H35N5O3. The second-order valence-corrected chi connectivity index (χ2v) is 8.52. The fourth-order valence-corrected chi connectivity index (χ4v) is 3.27. The molecule has 4 N–H and O–H groups in total. The average molecular weight is 418 g/mol. The number of piperidine rings is 1. The third kappa shape index (κ3) is 7.93. The van der Waals surface area contributed by atoms with Crippen LogP contribution in [0.15, 0.2) is 24.3 Å². The first-order valence-corrected chi connectivity index (χ1v) is 10.8. The van der Waals surface area contributed by atoms with Gasteiger partial charge < -0.3 is 26.2 Å². The molecule has 0 radical (unpaired) electrons. The van der Waals surface area contributed by atoms with Crippen molar-refractivity contribution in [2.24, 2.45) is 11.8 Å². The van der Waals surface area contributed by atoms with Crippen LogP contribution in [0, 0.1) is 11.8 Å². The summed E-state index contributed by atoms with van der Waals surface area (Å²) in [5.41, 5.74) is 1.28. The standard InChI is InChI=1S/C22H35N5O3/c1-15(2)11-12-23-20(28)17-6-5-13-27(14-17)22(30)26-19-9-7-18(8-10-19)25-21(29)24-16(3)4/h7-10,15-17H,5-6,11-14H2,1-4H3,(H,23,28)(H,26,30)(H2,24,25,29). The molecule has 0 spiro atoms. The smallest absolute Gasteiger partial charge is 0.321 e. The molecule has 0 bridgehead atoms. The average Bonchev–Trinajstić information content (AvgIpc) is 2.68. The molecular weight excluding hydrogens is 382 g/mol. The summed E-state index contributed by atoms with van der Waals surface area (Å²) in [5.74, 6) is 0.413. The summed E-state index contributed by atoms with van der Waals surface area (Å²) in [5, 5.41) is 11.4. The molecule has 1 aromatic rings. The Morgan fingerprint density at radius 3 is 2.27 bits per heavy atom. The molecule has 0 aliphatic carbocycles. The Balaban J connectivity index is 1.83. The topological polar surface area (TPSA) is 103 Å². The van der Waals surface area contributed by atoms with Crippen LogP contribution in [0.1, 0.15) is 47.0 Å². The SMILES string of the molecule is CC(C)CCNC(=O)C1CCCN(C(=O)Nc2ccc(NC(=O)NC(C)C)cc2)C1. The monoisotopic (exact) mass is 417 g/mol. The Labute approximate surface area is 179 Å². The summed E-state index contributed by atoms with van der Waals surface area (Å²) in [7, 11) is 0. The van der Waals surface area contributed by atoms with Gasteiger partial charge in [-0.25, -0.2) is 9.59 Å². The molecule has 2 rings (SSSR count). The van der Waals surface area contributed by atoms with Gasteiger partial charge in [-0.15, -0.1) is 0 Å². The predicted molar refractivity (Wildman–Crippen MR) is 120 cm³/mol. The van der Waals surface area contributed by atoms with Crippen molar-refractivity contribution in [3.8, 4) is 0 Å². The van der Waals surface area contributed by atoms with Crippen LogP contribution in [0.2, 0.25) is 0 Å². The van der Waals surface area contributed by atoms with Gasteiger partial charge >= 0.3 is 12.1 Å². The van der Waals surface area contributed by atoms with Gasteiger partial charge in [-0.3, -0.25) is 4.79 Å². The van der Waals surface area contributed by atoms with Gasteiger partial charge in [-0.05, 0) is 63.3 Å². The number of urea groups is 2. The molecule has 1 saturated heterocycles. The maximum absolute atomic E-state index is 12.6. The molecule has 1 fully saturated rings. The Kier molecular flexibility index (Phi) is 8.95. The lowest BCUT2D eigenvalue weighted by Gasteiger charge is -2.32. The zero-order valence-electron chi connectivity index (χ0n) is 18.5. The predicted octanol–water partition coefficient (Wildman–Crippen LogP) is 3.62. The Bertz CT molecular complexity index is 718. The summed E-state index contributed by atoms with van der Waals surface area (Å²) in [4.78, 5) is 38.5. The fraction of sp³-hybridized carbons (Fsp3) is 0.591. The number of anilines is 2. The Hall–Kier alpha value is -2.77. The minimum atomic E-state index is -0.271. The summed E-state index contributed by atoms with van der Waals surface area (Å²) >= 11 is 0. The van der Waals surface area contributed by atoms with Crippen LogP contribution in [0.25, 0.3) is 0 Å². The van der Waals surface area contributed by atoms with Crippen LogP contribution in [-0.2, 0) is 4.79 Å². The van der Waals surface area contributed by atoms with Gasteiger partial charge in [-0.2, -0.15) is 0 Å². The van der Waals surface area contributed by atoms with E-state index in [9.17, 15) is 14.4 Å². The van der Waals surface area contributed by atoms with E-state index in [0.717, 1.165) is 19.3 Å². The summed E-state index contributed by atoms with van der Waals surface area (Å²) < 4.78 is 0. The van der Waals surface area contributed by atoms with E-state index < -0.39 is 0 Å². The molecule has 5 amide bonds. The number of rotatable bonds is 7. The number of hydrogen-bond acceptors (Lipinski definition) is 3. The summed E-state index contributed by atoms with van der Waals surface area (Å²) in [6, 6.07) is 6.51. The molecule has 0 aromatic heterocycles. The molecule has 1 aliphatic heterocycles. The number of carbonyl (C=O) groups is 3. The van der Waals surface area contributed by atoms with Crippen molar-refractivity contribution in [1.29, 1.82) is 0 Å². The molecule has 8 heteroatoms. The van der Waals surface area contributed by atoms with Crippen LogP contribution >= 0.6 is 0 Å². The van der Waals surface area contributed by atoms with E-state index in [-0.39, 0.29) is 29.9 Å². The maximum Gasteiger partial charge on any atom is 0.321 e. The number of carbonyl (C=O) groups excluding carboxylic acids is 3. The third-order valence-electron chi connectivity index (χ3n) is 4.91. The second kappa shape index (κ2) is 11.4. The van der Waals surface area contributed by atoms with Crippen molar-refractivity contribution in [1.82, 2.24) is 15.5 Å². The molecule has 30 heavy (non-hydrogen) atoms. The van der Waals surface area contributed by atoms with Crippen LogP contribution < -0.4 is 21.3 Å². The van der Waals surface area contributed by atoms with Crippen molar-refractivity contribution in [3.63, 3.8) is 0 Å². The highest BCUT2D eigenvalue weighted by Gasteiger charge is 2.28. The van der Waals surface area contributed by atoms with E-state index in [1.165, 1.54) is 0 Å². The molecule has 1 atom stereocenters. The molecule has 1 aromatic carbocycles. The van der Waals surface area contributed by atoms with E-state index >= 15 is 0 Å². The number of nitrogens with one attached hydrogen (secondary N) is 4. The number of hydrogen-bond donors (Lipinski definition) is 4. The van der Waals surface area contributed by atoms with E-state index in [1.807, 2.05) is 13.8 Å². The van der Waals surface area contributed by atoms with Crippen molar-refractivity contribution < 1.29 is 14.4 Å². The highest BCUT2D eigenvalue weighted by Crippen LogP contribution is 2.19. The minimum absolute atomic E-state index is 0.0308. The lowest BCUT2D eigenvalue weighted by atomic mass is 9.97. The van der Waals surface area contributed by atoms with Crippen molar-refractivity contribution in [3.05, 3.63) is 24.3 Å². The van der Waals surface area contributed by atoms with E-state index in [0.29, 0.717) is 36.9 Å². The molecule has 1 heterocycles. The van der Waals surface area contributed by atoms with Crippen LogP contribution in [0.5, 0.6) is 0 Å². The molecule has 166 valence electrons. The quantitative estimate of drug-likeness (QED) is 0.545. The van der Waals surface area contributed by atoms with Crippen LogP contribution in [0.4, 0.5) is 21.0 Å². The van der Waals surface area contributed by atoms with Gasteiger partial charge in [0, 0.05) is 37.1 Å². The first kappa shape index (κ1) is 23.5. The van der Waals surface area contributed by atoms with Crippen molar-refractivity contribution in [2.75, 3.05) is 30.3 Å². The van der Waals surface area contributed by atoms with Gasteiger partial charge in [0.25, 0.3) is 0 Å². The summed E-state index contributed by atoms with van der Waals surface area (Å²) in [6.07, 6.45) is 2.56. The maximum atomic E-state index is 12.6. The Morgan fingerprint density at radius 1 is 1.03 bits per heavy atom. The Morgan fingerprint density at radius 2 is 1.67 bits per heavy atom. The number of likely N-dealkylation sites (tertiary alicyclic amines) is 1. The normalized spacial score (nSPS) is 16.3. The number of benzene rings is 1. The summed E-state index contributed by atoms with van der Waals surface area (Å²) in [6.45, 7) is 9.76. The second-order valence-electron chi connectivity index (χ2n) is 8.52. The molecule has 0 saturated carbocycles. The molecule has 1 aliphatic rings. The molecule has 8 nitrogen and oxygen atoms in total. The third-order valence-corrected chi connectivity index (χ3v) is 4.91. The van der Waals surface area contributed by atoms with Gasteiger partial charge in [0.1, 0.15) is 0 Å². The van der Waals surface area contributed by atoms with E-state index in [1.54, 1.807) is 29.2 Å². The zero-order valence-corrected chi connectivity index (χ0v) is 18.5. The molecule has 1 unspecified atom stereocenters. The van der Waals surface area contributed by atoms with Gasteiger partial charge in [0.2, 0.25) is 5.91 Å². The minimum Gasteiger partial charge on any atom is -0.356 e. The van der Waals surface area contributed by atoms with E-state index in [2.05, 4.69) is 35.1 Å². The van der Waals surface area contributed by atoms with Gasteiger partial charge in [0.05, 0.1) is 5.92 Å². The lowest BCUT2D eigenvalue weighted by molar-refractivity contribution is -0.126. The fourth-order valence-electron chi connectivity index (χ4n) is 3.27. The van der Waals surface area contributed by atoms with Crippen LogP contribution in [-0.4, -0.2) is 48.5 Å². The largest absolute Gasteiger partial charge is 0.356 e. The first-order valence-electron chi connectivity index (χ1n) is 10.8. The van der Waals surface area contributed by atoms with Gasteiger partial charge in [-0.1, -0.05) is 13.8 Å².